The second-order valence-electron chi connectivity index (χ2n) is 2.88. The third-order valence-electron chi connectivity index (χ3n) is 2.16. The van der Waals surface area contributed by atoms with Crippen LogP contribution in [0.1, 0.15) is 19.3 Å². The maximum atomic E-state index is 10.9. The molecule has 0 aliphatic heterocycles. The summed E-state index contributed by atoms with van der Waals surface area (Å²) < 4.78 is 0. The van der Waals surface area contributed by atoms with E-state index in [1.807, 2.05) is 7.05 Å². The van der Waals surface area contributed by atoms with Crippen LogP contribution < -0.4 is 10.6 Å². The van der Waals surface area contributed by atoms with Crippen molar-refractivity contribution in [1.29, 1.82) is 0 Å². The van der Waals surface area contributed by atoms with Gasteiger partial charge >= 0.3 is 0 Å². The van der Waals surface area contributed by atoms with Gasteiger partial charge in [-0.3, -0.25) is 4.79 Å². The predicted molar refractivity (Wildman–Crippen MR) is 39.7 cm³/mol. The molecule has 0 heterocycles. The maximum absolute atomic E-state index is 10.9. The number of hydrogen-bond acceptors (Lipinski definition) is 2. The number of rotatable bonds is 3. The van der Waals surface area contributed by atoms with Gasteiger partial charge in [-0.25, -0.2) is 0 Å². The van der Waals surface area contributed by atoms with Gasteiger partial charge in [0.05, 0.1) is 0 Å². The van der Waals surface area contributed by atoms with Gasteiger partial charge in [-0.15, -0.1) is 0 Å². The van der Waals surface area contributed by atoms with Crippen LogP contribution in [0.25, 0.3) is 0 Å². The van der Waals surface area contributed by atoms with Crippen molar-refractivity contribution in [2.45, 2.75) is 24.8 Å². The van der Waals surface area contributed by atoms with Crippen LogP contribution in [-0.4, -0.2) is 25.5 Å². The van der Waals surface area contributed by atoms with Gasteiger partial charge in [-0.05, 0) is 19.9 Å². The zero-order valence-electron chi connectivity index (χ0n) is 6.53. The molecule has 0 radical (unpaired) electrons. The van der Waals surface area contributed by atoms with Gasteiger partial charge in [-0.1, -0.05) is 0 Å². The molecule has 0 atom stereocenters. The Balaban J connectivity index is 2.30. The highest BCUT2D eigenvalue weighted by molar-refractivity contribution is 5.77. The number of nitrogens with one attached hydrogen (secondary N) is 2. The van der Waals surface area contributed by atoms with Gasteiger partial charge in [0.2, 0.25) is 5.91 Å². The minimum Gasteiger partial charge on any atom is -0.359 e. The van der Waals surface area contributed by atoms with E-state index in [1.54, 1.807) is 7.05 Å². The molecule has 10 heavy (non-hydrogen) atoms. The molecule has 2 N–H and O–H groups in total. The Morgan fingerprint density at radius 3 is 2.40 bits per heavy atom. The van der Waals surface area contributed by atoms with Gasteiger partial charge in [0, 0.05) is 19.0 Å². The van der Waals surface area contributed by atoms with E-state index >= 15 is 0 Å². The van der Waals surface area contributed by atoms with Gasteiger partial charge < -0.3 is 10.6 Å². The number of hydrogen-bond donors (Lipinski definition) is 2. The van der Waals surface area contributed by atoms with Crippen LogP contribution in [0.3, 0.4) is 0 Å². The molecule has 0 unspecified atom stereocenters. The summed E-state index contributed by atoms with van der Waals surface area (Å²) in [4.78, 5) is 10.9. The van der Waals surface area contributed by atoms with Crippen LogP contribution in [0.5, 0.6) is 0 Å². The van der Waals surface area contributed by atoms with Gasteiger partial charge in [-0.2, -0.15) is 0 Å². The molecular formula is C7H14N2O. The van der Waals surface area contributed by atoms with Gasteiger partial charge in [0.25, 0.3) is 0 Å². The van der Waals surface area contributed by atoms with E-state index in [-0.39, 0.29) is 11.4 Å². The molecule has 1 amide bonds. The second kappa shape index (κ2) is 2.58. The SMILES string of the molecule is CNC(=O)CC1(NC)CC1. The first-order valence-corrected chi connectivity index (χ1v) is 3.62. The average Bonchev–Trinajstić information content (AvgIpc) is 2.70. The summed E-state index contributed by atoms with van der Waals surface area (Å²) in [5.74, 6) is 0.131. The summed E-state index contributed by atoms with van der Waals surface area (Å²) in [5, 5.41) is 5.77. The van der Waals surface area contributed by atoms with Crippen LogP contribution in [0.15, 0.2) is 0 Å². The Bertz CT molecular complexity index is 141. The second-order valence-corrected chi connectivity index (χ2v) is 2.88. The Labute approximate surface area is 61.2 Å². The summed E-state index contributed by atoms with van der Waals surface area (Å²) >= 11 is 0. The molecule has 0 saturated heterocycles. The van der Waals surface area contributed by atoms with E-state index < -0.39 is 0 Å². The summed E-state index contributed by atoms with van der Waals surface area (Å²) in [5.41, 5.74) is 0.153. The highest BCUT2D eigenvalue weighted by Crippen LogP contribution is 2.37. The van der Waals surface area contributed by atoms with Crippen molar-refractivity contribution in [2.75, 3.05) is 14.1 Å². The smallest absolute Gasteiger partial charge is 0.221 e. The fraction of sp³-hybridized carbons (Fsp3) is 0.857. The number of carbonyl (C=O) groups is 1. The molecule has 1 aliphatic rings. The van der Waals surface area contributed by atoms with Gasteiger partial charge in [0.1, 0.15) is 0 Å². The zero-order valence-corrected chi connectivity index (χ0v) is 6.53. The Morgan fingerprint density at radius 2 is 2.10 bits per heavy atom. The molecule has 1 fully saturated rings. The van der Waals surface area contributed by atoms with Crippen molar-refractivity contribution in [2.24, 2.45) is 0 Å². The average molecular weight is 142 g/mol. The molecule has 0 aromatic rings. The lowest BCUT2D eigenvalue weighted by molar-refractivity contribution is -0.121. The number of carbonyl (C=O) groups excluding carboxylic acids is 1. The van der Waals surface area contributed by atoms with Crippen molar-refractivity contribution in [3.63, 3.8) is 0 Å². The van der Waals surface area contributed by atoms with Crippen LogP contribution in [0.4, 0.5) is 0 Å². The quantitative estimate of drug-likeness (QED) is 0.576. The molecule has 0 aromatic heterocycles. The molecule has 3 heteroatoms. The molecule has 58 valence electrons. The van der Waals surface area contributed by atoms with E-state index in [0.29, 0.717) is 6.42 Å². The monoisotopic (exact) mass is 142 g/mol. The zero-order chi connectivity index (χ0) is 7.61. The van der Waals surface area contributed by atoms with E-state index in [9.17, 15) is 4.79 Å². The summed E-state index contributed by atoms with van der Waals surface area (Å²) in [6, 6.07) is 0. The summed E-state index contributed by atoms with van der Waals surface area (Å²) in [6.07, 6.45) is 2.90. The lowest BCUT2D eigenvalue weighted by atomic mass is 10.2. The van der Waals surface area contributed by atoms with Crippen molar-refractivity contribution >= 4 is 5.91 Å². The lowest BCUT2D eigenvalue weighted by Gasteiger charge is -2.11. The molecular weight excluding hydrogens is 128 g/mol. The van der Waals surface area contributed by atoms with E-state index in [0.717, 1.165) is 12.8 Å². The normalized spacial score (nSPS) is 20.2. The highest BCUT2D eigenvalue weighted by Gasteiger charge is 2.42. The van der Waals surface area contributed by atoms with Crippen LogP contribution >= 0.6 is 0 Å². The topological polar surface area (TPSA) is 41.1 Å². The fourth-order valence-corrected chi connectivity index (χ4v) is 1.06. The predicted octanol–water partition coefficient (Wildman–Crippen LogP) is -0.126. The molecule has 1 aliphatic carbocycles. The molecule has 0 spiro atoms. The van der Waals surface area contributed by atoms with E-state index in [1.165, 1.54) is 0 Å². The van der Waals surface area contributed by atoms with Crippen LogP contribution in [-0.2, 0) is 4.79 Å². The minimum atomic E-state index is 0.131. The van der Waals surface area contributed by atoms with Crippen molar-refractivity contribution in [1.82, 2.24) is 10.6 Å². The van der Waals surface area contributed by atoms with Gasteiger partial charge in [0.15, 0.2) is 0 Å². The largest absolute Gasteiger partial charge is 0.359 e. The number of amides is 1. The Hall–Kier alpha value is -0.570. The highest BCUT2D eigenvalue weighted by atomic mass is 16.1. The van der Waals surface area contributed by atoms with E-state index in [2.05, 4.69) is 10.6 Å². The Kier molecular flexibility index (Phi) is 1.94. The van der Waals surface area contributed by atoms with Crippen LogP contribution in [0.2, 0.25) is 0 Å². The van der Waals surface area contributed by atoms with Crippen molar-refractivity contribution in [3.05, 3.63) is 0 Å². The van der Waals surface area contributed by atoms with Crippen LogP contribution in [0, 0.1) is 0 Å². The lowest BCUT2D eigenvalue weighted by Crippen LogP contribution is -2.33. The third kappa shape index (κ3) is 1.48. The van der Waals surface area contributed by atoms with Crippen molar-refractivity contribution in [3.8, 4) is 0 Å². The minimum absolute atomic E-state index is 0.131. The first-order valence-electron chi connectivity index (χ1n) is 3.62. The molecule has 0 aromatic carbocycles. The maximum Gasteiger partial charge on any atom is 0.221 e. The third-order valence-corrected chi connectivity index (χ3v) is 2.16. The fourth-order valence-electron chi connectivity index (χ4n) is 1.06. The van der Waals surface area contributed by atoms with E-state index in [4.69, 9.17) is 0 Å². The van der Waals surface area contributed by atoms with Crippen molar-refractivity contribution < 1.29 is 4.79 Å². The standard InChI is InChI=1S/C7H14N2O/c1-8-6(10)5-7(9-2)3-4-7/h9H,3-5H2,1-2H3,(H,8,10). The molecule has 0 bridgehead atoms. The molecule has 1 rings (SSSR count). The first-order chi connectivity index (χ1) is 4.72. The summed E-state index contributed by atoms with van der Waals surface area (Å²) in [7, 11) is 3.59. The summed E-state index contributed by atoms with van der Waals surface area (Å²) in [6.45, 7) is 0. The first kappa shape index (κ1) is 7.54. The molecule has 3 nitrogen and oxygen atoms in total. The molecule has 1 saturated carbocycles. The Morgan fingerprint density at radius 1 is 1.50 bits per heavy atom.